The summed E-state index contributed by atoms with van der Waals surface area (Å²) in [5, 5.41) is 0. The molecule has 0 bridgehead atoms. The first-order valence-corrected chi connectivity index (χ1v) is 6.91. The standard InChI is InChI=1S/C14H16F2N2S/c1-8(2)14(3-4-14)7-18-11-6-9(15)5-10(16)12(11)17-13(18)19/h5-6,8H,3-4,7H2,1-2H3,(H,17,19). The molecule has 19 heavy (non-hydrogen) atoms. The minimum atomic E-state index is -0.589. The maximum atomic E-state index is 13.7. The number of benzene rings is 1. The van der Waals surface area contributed by atoms with Gasteiger partial charge in [-0.25, -0.2) is 8.78 Å². The Morgan fingerprint density at radius 2 is 2.05 bits per heavy atom. The van der Waals surface area contributed by atoms with Gasteiger partial charge >= 0.3 is 0 Å². The summed E-state index contributed by atoms with van der Waals surface area (Å²) in [6, 6.07) is 2.23. The molecule has 1 heterocycles. The van der Waals surface area contributed by atoms with Crippen LogP contribution in [-0.4, -0.2) is 9.55 Å². The summed E-state index contributed by atoms with van der Waals surface area (Å²) in [5.41, 5.74) is 1.05. The molecular weight excluding hydrogens is 266 g/mol. The van der Waals surface area contributed by atoms with Crippen LogP contribution < -0.4 is 0 Å². The number of fused-ring (bicyclic) bond motifs is 1. The van der Waals surface area contributed by atoms with Crippen molar-refractivity contribution in [3.05, 3.63) is 28.5 Å². The van der Waals surface area contributed by atoms with Crippen molar-refractivity contribution in [2.24, 2.45) is 11.3 Å². The van der Waals surface area contributed by atoms with Gasteiger partial charge < -0.3 is 9.55 Å². The minimum absolute atomic E-state index is 0.232. The van der Waals surface area contributed by atoms with E-state index < -0.39 is 11.6 Å². The van der Waals surface area contributed by atoms with Crippen LogP contribution in [0.5, 0.6) is 0 Å². The number of aromatic nitrogens is 2. The lowest BCUT2D eigenvalue weighted by molar-refractivity contribution is 0.311. The summed E-state index contributed by atoms with van der Waals surface area (Å²) in [6.45, 7) is 5.10. The molecular formula is C14H16F2N2S. The van der Waals surface area contributed by atoms with E-state index in [2.05, 4.69) is 18.8 Å². The monoisotopic (exact) mass is 282 g/mol. The van der Waals surface area contributed by atoms with Crippen molar-refractivity contribution in [1.82, 2.24) is 9.55 Å². The van der Waals surface area contributed by atoms with Crippen LogP contribution in [0.4, 0.5) is 8.78 Å². The van der Waals surface area contributed by atoms with Crippen molar-refractivity contribution in [2.45, 2.75) is 33.2 Å². The van der Waals surface area contributed by atoms with Crippen molar-refractivity contribution in [2.75, 3.05) is 0 Å². The van der Waals surface area contributed by atoms with E-state index in [0.29, 0.717) is 21.7 Å². The van der Waals surface area contributed by atoms with E-state index in [4.69, 9.17) is 12.2 Å². The molecule has 0 unspecified atom stereocenters. The fourth-order valence-electron chi connectivity index (χ4n) is 2.73. The molecule has 1 N–H and O–H groups in total. The Labute approximate surface area is 115 Å². The number of nitrogens with zero attached hydrogens (tertiary/aromatic N) is 1. The Morgan fingerprint density at radius 3 is 2.63 bits per heavy atom. The highest BCUT2D eigenvalue weighted by molar-refractivity contribution is 7.71. The fourth-order valence-corrected chi connectivity index (χ4v) is 3.00. The van der Waals surface area contributed by atoms with Crippen LogP contribution in [0.1, 0.15) is 26.7 Å². The molecule has 1 fully saturated rings. The molecule has 0 spiro atoms. The number of imidazole rings is 1. The molecule has 0 atom stereocenters. The van der Waals surface area contributed by atoms with Gasteiger partial charge in [0.2, 0.25) is 0 Å². The molecule has 2 aromatic rings. The van der Waals surface area contributed by atoms with Gasteiger partial charge in [0.1, 0.15) is 11.3 Å². The zero-order valence-electron chi connectivity index (χ0n) is 11.0. The maximum absolute atomic E-state index is 13.7. The fraction of sp³-hybridized carbons (Fsp3) is 0.500. The Morgan fingerprint density at radius 1 is 1.37 bits per heavy atom. The van der Waals surface area contributed by atoms with Gasteiger partial charge in [0.25, 0.3) is 0 Å². The number of hydrogen-bond donors (Lipinski definition) is 1. The van der Waals surface area contributed by atoms with Crippen molar-refractivity contribution in [3.8, 4) is 0 Å². The predicted octanol–water partition coefficient (Wildman–Crippen LogP) is 4.41. The highest BCUT2D eigenvalue weighted by atomic mass is 32.1. The maximum Gasteiger partial charge on any atom is 0.178 e. The Kier molecular flexibility index (Phi) is 2.78. The zero-order chi connectivity index (χ0) is 13.8. The molecule has 0 radical (unpaired) electrons. The quantitative estimate of drug-likeness (QED) is 0.827. The number of aromatic amines is 1. The summed E-state index contributed by atoms with van der Waals surface area (Å²) in [5.74, 6) is -0.617. The van der Waals surface area contributed by atoms with E-state index in [1.165, 1.54) is 6.07 Å². The van der Waals surface area contributed by atoms with Crippen LogP contribution in [-0.2, 0) is 6.54 Å². The van der Waals surface area contributed by atoms with Crippen LogP contribution in [0.15, 0.2) is 12.1 Å². The first-order valence-electron chi connectivity index (χ1n) is 6.50. The number of hydrogen-bond acceptors (Lipinski definition) is 1. The molecule has 1 saturated carbocycles. The smallest absolute Gasteiger partial charge is 0.178 e. The third-order valence-corrected chi connectivity index (χ3v) is 4.71. The molecule has 0 saturated heterocycles. The lowest BCUT2D eigenvalue weighted by atomic mass is 9.92. The lowest BCUT2D eigenvalue weighted by Crippen LogP contribution is -2.17. The van der Waals surface area contributed by atoms with Crippen molar-refractivity contribution in [3.63, 3.8) is 0 Å². The average molecular weight is 282 g/mol. The van der Waals surface area contributed by atoms with Gasteiger partial charge in [-0.1, -0.05) is 13.8 Å². The van der Waals surface area contributed by atoms with Crippen LogP contribution in [0.2, 0.25) is 0 Å². The largest absolute Gasteiger partial charge is 0.328 e. The Hall–Kier alpha value is -1.23. The molecule has 1 aromatic heterocycles. The van der Waals surface area contributed by atoms with E-state index in [1.54, 1.807) is 0 Å². The Bertz CT molecular complexity index is 695. The molecule has 0 amide bonds. The van der Waals surface area contributed by atoms with Crippen LogP contribution in [0.3, 0.4) is 0 Å². The Balaban J connectivity index is 2.14. The van der Waals surface area contributed by atoms with Crippen molar-refractivity contribution >= 4 is 23.3 Å². The topological polar surface area (TPSA) is 20.7 Å². The van der Waals surface area contributed by atoms with Gasteiger partial charge in [-0.2, -0.15) is 0 Å². The van der Waals surface area contributed by atoms with Crippen molar-refractivity contribution in [1.29, 1.82) is 0 Å². The van der Waals surface area contributed by atoms with E-state index >= 15 is 0 Å². The zero-order valence-corrected chi connectivity index (χ0v) is 11.8. The molecule has 2 nitrogen and oxygen atoms in total. The molecule has 5 heteroatoms. The highest BCUT2D eigenvalue weighted by Crippen LogP contribution is 2.53. The van der Waals surface area contributed by atoms with Crippen LogP contribution >= 0.6 is 12.2 Å². The number of halogens is 2. The van der Waals surface area contributed by atoms with Gasteiger partial charge in [-0.05, 0) is 42.5 Å². The molecule has 0 aliphatic heterocycles. The second-order valence-electron chi connectivity index (χ2n) is 5.82. The third kappa shape index (κ3) is 2.00. The van der Waals surface area contributed by atoms with E-state index in [1.807, 2.05) is 4.57 Å². The molecule has 1 aliphatic rings. The normalized spacial score (nSPS) is 17.3. The van der Waals surface area contributed by atoms with Gasteiger partial charge in [0.15, 0.2) is 10.6 Å². The first kappa shape index (κ1) is 12.8. The lowest BCUT2D eigenvalue weighted by Gasteiger charge is -2.20. The first-order chi connectivity index (χ1) is 8.93. The van der Waals surface area contributed by atoms with E-state index in [0.717, 1.165) is 25.5 Å². The number of rotatable bonds is 3. The summed E-state index contributed by atoms with van der Waals surface area (Å²) >= 11 is 5.26. The predicted molar refractivity (Wildman–Crippen MR) is 73.5 cm³/mol. The summed E-state index contributed by atoms with van der Waals surface area (Å²) in [7, 11) is 0. The molecule has 102 valence electrons. The van der Waals surface area contributed by atoms with Crippen molar-refractivity contribution < 1.29 is 8.78 Å². The average Bonchev–Trinajstić information content (AvgIpc) is 3.04. The van der Waals surface area contributed by atoms with Gasteiger partial charge in [0.05, 0.1) is 5.52 Å². The van der Waals surface area contributed by atoms with Crippen LogP contribution in [0, 0.1) is 27.7 Å². The van der Waals surface area contributed by atoms with Crippen LogP contribution in [0.25, 0.3) is 11.0 Å². The van der Waals surface area contributed by atoms with E-state index in [9.17, 15) is 8.78 Å². The molecule has 1 aromatic carbocycles. The highest BCUT2D eigenvalue weighted by Gasteiger charge is 2.45. The number of nitrogens with one attached hydrogen (secondary N) is 1. The van der Waals surface area contributed by atoms with Gasteiger partial charge in [-0.15, -0.1) is 0 Å². The summed E-state index contributed by atoms with van der Waals surface area (Å²) < 4.78 is 29.4. The SMILES string of the molecule is CC(C)C1(Cn2c(=S)[nH]c3c(F)cc(F)cc32)CC1. The van der Waals surface area contributed by atoms with E-state index in [-0.39, 0.29) is 5.41 Å². The summed E-state index contributed by atoms with van der Waals surface area (Å²) in [4.78, 5) is 2.85. The van der Waals surface area contributed by atoms with Gasteiger partial charge in [0, 0.05) is 12.6 Å². The van der Waals surface area contributed by atoms with Gasteiger partial charge in [-0.3, -0.25) is 0 Å². The third-order valence-electron chi connectivity index (χ3n) is 4.39. The number of H-pyrrole nitrogens is 1. The minimum Gasteiger partial charge on any atom is -0.328 e. The summed E-state index contributed by atoms with van der Waals surface area (Å²) in [6.07, 6.45) is 2.30. The molecule has 3 rings (SSSR count). The second-order valence-corrected chi connectivity index (χ2v) is 6.20. The second kappa shape index (κ2) is 4.13. The molecule has 1 aliphatic carbocycles.